The minimum atomic E-state index is -3.79. The molecule has 7 nitrogen and oxygen atoms in total. The molecule has 0 atom stereocenters. The highest BCUT2D eigenvalue weighted by molar-refractivity contribution is 7.99. The number of aromatic nitrogens is 2. The molecule has 0 saturated heterocycles. The van der Waals surface area contributed by atoms with Crippen LogP contribution in [0.25, 0.3) is 11.0 Å². The average molecular weight is 439 g/mol. The van der Waals surface area contributed by atoms with Gasteiger partial charge >= 0.3 is 0 Å². The molecule has 0 aliphatic carbocycles. The molecule has 0 aliphatic rings. The lowest BCUT2D eigenvalue weighted by Gasteiger charge is -2.16. The lowest BCUT2D eigenvalue weighted by molar-refractivity contribution is -0.127. The molecule has 1 aromatic carbocycles. The molecule has 0 aliphatic heterocycles. The van der Waals surface area contributed by atoms with Gasteiger partial charge in [-0.25, -0.2) is 18.5 Å². The number of carbonyl (C=O) groups excluding carboxylic acids is 1. The van der Waals surface area contributed by atoms with Crippen LogP contribution in [0.1, 0.15) is 18.2 Å². The number of nitrogens with zero attached hydrogens (tertiary/aromatic N) is 3. The molecule has 0 spiro atoms. The quantitative estimate of drug-likeness (QED) is 0.545. The number of amides is 1. The van der Waals surface area contributed by atoms with E-state index in [-0.39, 0.29) is 16.6 Å². The SMILES string of the molecule is CCCn1c(SCC(=O)N(C)Cc2cccs2)nc2cc(S(N)(=O)=O)ccc21. The Hall–Kier alpha value is -1.88. The monoisotopic (exact) mass is 438 g/mol. The molecule has 28 heavy (non-hydrogen) atoms. The number of benzene rings is 1. The zero-order valence-electron chi connectivity index (χ0n) is 15.7. The molecule has 2 heterocycles. The van der Waals surface area contributed by atoms with Crippen LogP contribution >= 0.6 is 23.1 Å². The van der Waals surface area contributed by atoms with Gasteiger partial charge in [-0.05, 0) is 36.1 Å². The molecule has 0 bridgehead atoms. The van der Waals surface area contributed by atoms with Crippen LogP contribution in [0.2, 0.25) is 0 Å². The molecule has 3 rings (SSSR count). The molecule has 0 unspecified atom stereocenters. The minimum Gasteiger partial charge on any atom is -0.340 e. The van der Waals surface area contributed by atoms with E-state index >= 15 is 0 Å². The van der Waals surface area contributed by atoms with Crippen molar-refractivity contribution in [2.75, 3.05) is 12.8 Å². The zero-order chi connectivity index (χ0) is 20.3. The van der Waals surface area contributed by atoms with Gasteiger partial charge in [0.05, 0.1) is 28.2 Å². The third kappa shape index (κ3) is 4.75. The number of thiophene rings is 1. The Bertz CT molecular complexity index is 1080. The lowest BCUT2D eigenvalue weighted by Crippen LogP contribution is -2.27. The first-order valence-electron chi connectivity index (χ1n) is 8.72. The Morgan fingerprint density at radius 1 is 1.36 bits per heavy atom. The number of hydrogen-bond donors (Lipinski definition) is 1. The van der Waals surface area contributed by atoms with Crippen LogP contribution < -0.4 is 5.14 Å². The van der Waals surface area contributed by atoms with Crippen LogP contribution in [0.4, 0.5) is 0 Å². The van der Waals surface area contributed by atoms with E-state index in [4.69, 9.17) is 5.14 Å². The lowest BCUT2D eigenvalue weighted by atomic mass is 10.3. The van der Waals surface area contributed by atoms with Crippen molar-refractivity contribution in [2.45, 2.75) is 36.5 Å². The maximum atomic E-state index is 12.5. The number of sulfonamides is 1. The summed E-state index contributed by atoms with van der Waals surface area (Å²) in [5.41, 5.74) is 1.39. The Morgan fingerprint density at radius 3 is 2.79 bits per heavy atom. The fourth-order valence-corrected chi connectivity index (χ4v) is 5.05. The topological polar surface area (TPSA) is 98.3 Å². The van der Waals surface area contributed by atoms with Crippen LogP contribution in [0.5, 0.6) is 0 Å². The Labute approximate surface area is 172 Å². The number of nitrogens with two attached hydrogens (primary N) is 1. The van der Waals surface area contributed by atoms with Gasteiger partial charge in [-0.15, -0.1) is 11.3 Å². The number of carbonyl (C=O) groups is 1. The fourth-order valence-electron chi connectivity index (χ4n) is 2.78. The Morgan fingerprint density at radius 2 is 2.14 bits per heavy atom. The average Bonchev–Trinajstić information content (AvgIpc) is 3.26. The molecule has 0 saturated carbocycles. The van der Waals surface area contributed by atoms with Gasteiger partial charge < -0.3 is 9.47 Å². The van der Waals surface area contributed by atoms with Crippen molar-refractivity contribution in [1.82, 2.24) is 14.5 Å². The zero-order valence-corrected chi connectivity index (χ0v) is 18.1. The first kappa shape index (κ1) is 20.8. The second-order valence-electron chi connectivity index (χ2n) is 6.36. The first-order valence-corrected chi connectivity index (χ1v) is 12.1. The van der Waals surface area contributed by atoms with Crippen molar-refractivity contribution in [2.24, 2.45) is 5.14 Å². The van der Waals surface area contributed by atoms with Crippen LogP contribution in [-0.2, 0) is 27.9 Å². The van der Waals surface area contributed by atoms with Crippen molar-refractivity contribution in [1.29, 1.82) is 0 Å². The fraction of sp³-hybridized carbons (Fsp3) is 0.333. The summed E-state index contributed by atoms with van der Waals surface area (Å²) in [5, 5.41) is 7.91. The predicted octanol–water partition coefficient (Wildman–Crippen LogP) is 2.91. The van der Waals surface area contributed by atoms with E-state index < -0.39 is 10.0 Å². The Balaban J connectivity index is 1.79. The van der Waals surface area contributed by atoms with Crippen LogP contribution in [-0.4, -0.2) is 41.6 Å². The van der Waals surface area contributed by atoms with Crippen molar-refractivity contribution < 1.29 is 13.2 Å². The first-order chi connectivity index (χ1) is 13.3. The van der Waals surface area contributed by atoms with Crippen molar-refractivity contribution in [3.8, 4) is 0 Å². The minimum absolute atomic E-state index is 0.0127. The summed E-state index contributed by atoms with van der Waals surface area (Å²) in [6, 6.07) is 8.65. The molecule has 1 amide bonds. The largest absolute Gasteiger partial charge is 0.340 e. The van der Waals surface area contributed by atoms with E-state index in [1.165, 1.54) is 23.9 Å². The van der Waals surface area contributed by atoms with Crippen LogP contribution in [0, 0.1) is 0 Å². The molecule has 0 radical (unpaired) electrons. The summed E-state index contributed by atoms with van der Waals surface area (Å²) < 4.78 is 25.2. The summed E-state index contributed by atoms with van der Waals surface area (Å²) in [6.45, 7) is 3.37. The number of primary sulfonamides is 1. The summed E-state index contributed by atoms with van der Waals surface area (Å²) in [7, 11) is -2.00. The van der Waals surface area contributed by atoms with Crippen LogP contribution in [0.3, 0.4) is 0 Å². The number of thioether (sulfide) groups is 1. The third-order valence-electron chi connectivity index (χ3n) is 4.18. The van der Waals surface area contributed by atoms with E-state index in [1.54, 1.807) is 29.4 Å². The predicted molar refractivity (Wildman–Crippen MR) is 113 cm³/mol. The normalized spacial score (nSPS) is 11.8. The number of aryl methyl sites for hydroxylation is 1. The number of imidazole rings is 1. The number of fused-ring (bicyclic) bond motifs is 1. The highest BCUT2D eigenvalue weighted by atomic mass is 32.2. The Kier molecular flexibility index (Phi) is 6.43. The van der Waals surface area contributed by atoms with Gasteiger partial charge in [-0.1, -0.05) is 24.8 Å². The molecule has 3 aromatic rings. The van der Waals surface area contributed by atoms with Gasteiger partial charge in [0.25, 0.3) is 0 Å². The van der Waals surface area contributed by atoms with E-state index in [1.807, 2.05) is 22.1 Å². The van der Waals surface area contributed by atoms with Gasteiger partial charge in [0.1, 0.15) is 0 Å². The molecule has 2 aromatic heterocycles. The smallest absolute Gasteiger partial charge is 0.238 e. The molecule has 150 valence electrons. The van der Waals surface area contributed by atoms with Gasteiger partial charge in [0.15, 0.2) is 5.16 Å². The highest BCUT2D eigenvalue weighted by Crippen LogP contribution is 2.26. The maximum Gasteiger partial charge on any atom is 0.238 e. The van der Waals surface area contributed by atoms with Gasteiger partial charge in [-0.2, -0.15) is 0 Å². The summed E-state index contributed by atoms with van der Waals surface area (Å²) in [4.78, 5) is 19.9. The molecule has 10 heteroatoms. The van der Waals surface area contributed by atoms with Crippen LogP contribution in [0.15, 0.2) is 45.8 Å². The second kappa shape index (κ2) is 8.64. The van der Waals surface area contributed by atoms with Crippen molar-refractivity contribution in [3.05, 3.63) is 40.6 Å². The molecule has 2 N–H and O–H groups in total. The van der Waals surface area contributed by atoms with Crippen molar-refractivity contribution >= 4 is 50.1 Å². The van der Waals surface area contributed by atoms with E-state index in [0.717, 1.165) is 23.4 Å². The molecule has 0 fully saturated rings. The number of hydrogen-bond acceptors (Lipinski definition) is 6. The maximum absolute atomic E-state index is 12.5. The third-order valence-corrected chi connectivity index (χ3v) is 6.92. The molecular formula is C18H22N4O3S3. The summed E-state index contributed by atoms with van der Waals surface area (Å²) in [6.07, 6.45) is 0.891. The second-order valence-corrected chi connectivity index (χ2v) is 9.90. The standard InChI is InChI=1S/C18H22N4O3S3/c1-3-8-22-16-7-6-14(28(19,24)25)10-15(16)20-18(22)27-12-17(23)21(2)11-13-5-4-9-26-13/h4-7,9-10H,3,8,11-12H2,1-2H3,(H2,19,24,25). The number of rotatable bonds is 8. The summed E-state index contributed by atoms with van der Waals surface area (Å²) in [5.74, 6) is 0.274. The van der Waals surface area contributed by atoms with E-state index in [2.05, 4.69) is 11.9 Å². The van der Waals surface area contributed by atoms with Gasteiger partial charge in [0.2, 0.25) is 15.9 Å². The van der Waals surface area contributed by atoms with Crippen molar-refractivity contribution in [3.63, 3.8) is 0 Å². The van der Waals surface area contributed by atoms with Gasteiger partial charge in [0, 0.05) is 18.5 Å². The highest BCUT2D eigenvalue weighted by Gasteiger charge is 2.17. The van der Waals surface area contributed by atoms with E-state index in [0.29, 0.717) is 17.2 Å². The summed E-state index contributed by atoms with van der Waals surface area (Å²) >= 11 is 2.98. The molecular weight excluding hydrogens is 416 g/mol. The van der Waals surface area contributed by atoms with Gasteiger partial charge in [-0.3, -0.25) is 4.79 Å². The van der Waals surface area contributed by atoms with E-state index in [9.17, 15) is 13.2 Å².